The molecule has 0 aromatic rings. The topological polar surface area (TPSA) is 102 Å². The van der Waals surface area contributed by atoms with E-state index in [4.69, 9.17) is 9.84 Å². The average molecular weight is 331 g/mol. The number of nitrogens with one attached hydrogen (secondary N) is 1. The van der Waals surface area contributed by atoms with E-state index in [1.807, 2.05) is 0 Å². The molecule has 23 heavy (non-hydrogen) atoms. The smallest absolute Gasteiger partial charge is 0.407 e. The van der Waals surface area contributed by atoms with Crippen LogP contribution in [0, 0.1) is 0 Å². The minimum atomic E-state index is -0.675. The van der Waals surface area contributed by atoms with E-state index in [1.165, 1.54) is 13.5 Å². The van der Waals surface area contributed by atoms with Crippen LogP contribution in [0.5, 0.6) is 0 Å². The van der Waals surface area contributed by atoms with Gasteiger partial charge in [-0.05, 0) is 32.1 Å². The van der Waals surface area contributed by atoms with E-state index >= 15 is 0 Å². The summed E-state index contributed by atoms with van der Waals surface area (Å²) >= 11 is 0. The molecule has 7 nitrogen and oxygen atoms in total. The van der Waals surface area contributed by atoms with Crippen molar-refractivity contribution in [3.05, 3.63) is 0 Å². The average Bonchev–Trinajstić information content (AvgIpc) is 3.02. The van der Waals surface area contributed by atoms with Gasteiger partial charge in [-0.3, -0.25) is 9.59 Å². The number of carbonyl (C=O) groups excluding carboxylic acids is 2. The second kappa shape index (κ2) is 13.8. The van der Waals surface area contributed by atoms with Gasteiger partial charge < -0.3 is 19.9 Å². The molecule has 0 aromatic heterocycles. The zero-order valence-electron chi connectivity index (χ0n) is 14.1. The number of esters is 1. The van der Waals surface area contributed by atoms with Gasteiger partial charge in [0.1, 0.15) is 12.6 Å². The van der Waals surface area contributed by atoms with Crippen molar-refractivity contribution in [2.24, 2.45) is 0 Å². The van der Waals surface area contributed by atoms with Crippen LogP contribution in [-0.2, 0) is 19.1 Å². The van der Waals surface area contributed by atoms with Crippen LogP contribution in [0.1, 0.15) is 64.7 Å². The maximum atomic E-state index is 11.1. The van der Waals surface area contributed by atoms with Gasteiger partial charge in [0.15, 0.2) is 0 Å². The number of alkyl carbamates (subject to hydrolysis) is 1. The first-order valence-corrected chi connectivity index (χ1v) is 8.22. The SMILES string of the molecule is CCCCCCC(=O)O.COC(=O)CNC(=O)OC1CCCC1. The van der Waals surface area contributed by atoms with Crippen LogP contribution >= 0.6 is 0 Å². The number of ether oxygens (including phenoxy) is 2. The summed E-state index contributed by atoms with van der Waals surface area (Å²) < 4.78 is 9.41. The molecule has 0 spiro atoms. The summed E-state index contributed by atoms with van der Waals surface area (Å²) in [5, 5.41) is 10.5. The Bertz CT molecular complexity index is 352. The first kappa shape index (κ1) is 21.2. The van der Waals surface area contributed by atoms with Crippen LogP contribution in [-0.4, -0.2) is 42.9 Å². The number of methoxy groups -OCH3 is 1. The number of carboxylic acid groups (broad SMARTS) is 1. The minimum Gasteiger partial charge on any atom is -0.481 e. The zero-order valence-corrected chi connectivity index (χ0v) is 14.1. The van der Waals surface area contributed by atoms with Crippen molar-refractivity contribution in [3.8, 4) is 0 Å². The number of hydrogen-bond acceptors (Lipinski definition) is 5. The van der Waals surface area contributed by atoms with E-state index in [0.29, 0.717) is 6.42 Å². The Morgan fingerprint density at radius 1 is 1.13 bits per heavy atom. The third kappa shape index (κ3) is 13.6. The quantitative estimate of drug-likeness (QED) is 0.524. The normalized spacial score (nSPS) is 13.7. The molecule has 0 aliphatic heterocycles. The molecule has 1 fully saturated rings. The Morgan fingerprint density at radius 2 is 1.78 bits per heavy atom. The van der Waals surface area contributed by atoms with Gasteiger partial charge in [0.05, 0.1) is 7.11 Å². The summed E-state index contributed by atoms with van der Waals surface area (Å²) in [5.74, 6) is -1.15. The fraction of sp³-hybridized carbons (Fsp3) is 0.812. The summed E-state index contributed by atoms with van der Waals surface area (Å²) in [6.07, 6.45) is 8.09. The molecule has 0 heterocycles. The van der Waals surface area contributed by atoms with E-state index < -0.39 is 18.0 Å². The molecule has 0 atom stereocenters. The Kier molecular flexibility index (Phi) is 12.8. The lowest BCUT2D eigenvalue weighted by Gasteiger charge is -2.11. The summed E-state index contributed by atoms with van der Waals surface area (Å²) in [7, 11) is 1.27. The number of carbonyl (C=O) groups is 3. The minimum absolute atomic E-state index is 0.0210. The van der Waals surface area contributed by atoms with Crippen molar-refractivity contribution in [2.75, 3.05) is 13.7 Å². The Labute approximate surface area is 137 Å². The lowest BCUT2D eigenvalue weighted by Crippen LogP contribution is -2.32. The van der Waals surface area contributed by atoms with Crippen LogP contribution in [0.15, 0.2) is 0 Å². The molecule has 0 bridgehead atoms. The number of rotatable bonds is 8. The van der Waals surface area contributed by atoms with E-state index in [2.05, 4.69) is 17.0 Å². The third-order valence-electron chi connectivity index (χ3n) is 3.42. The number of hydrogen-bond donors (Lipinski definition) is 2. The van der Waals surface area contributed by atoms with Gasteiger partial charge in [0.2, 0.25) is 0 Å². The molecule has 0 saturated heterocycles. The van der Waals surface area contributed by atoms with Gasteiger partial charge in [0, 0.05) is 6.42 Å². The van der Waals surface area contributed by atoms with Gasteiger partial charge in [-0.15, -0.1) is 0 Å². The molecular weight excluding hydrogens is 302 g/mol. The van der Waals surface area contributed by atoms with Gasteiger partial charge in [0.25, 0.3) is 0 Å². The molecule has 0 radical (unpaired) electrons. The number of amides is 1. The second-order valence-corrected chi connectivity index (χ2v) is 5.45. The van der Waals surface area contributed by atoms with Crippen LogP contribution in [0.4, 0.5) is 4.79 Å². The van der Waals surface area contributed by atoms with Crippen molar-refractivity contribution in [1.82, 2.24) is 5.32 Å². The van der Waals surface area contributed by atoms with Gasteiger partial charge in [-0.2, -0.15) is 0 Å². The van der Waals surface area contributed by atoms with Crippen LogP contribution in [0.3, 0.4) is 0 Å². The Hall–Kier alpha value is -1.79. The number of carboxylic acids is 1. The molecule has 1 aliphatic rings. The van der Waals surface area contributed by atoms with Gasteiger partial charge in [-0.25, -0.2) is 4.79 Å². The van der Waals surface area contributed by atoms with E-state index in [1.54, 1.807) is 0 Å². The highest BCUT2D eigenvalue weighted by Gasteiger charge is 2.19. The number of unbranched alkanes of at least 4 members (excludes halogenated alkanes) is 3. The molecule has 7 heteroatoms. The Balaban J connectivity index is 0.000000468. The zero-order chi connectivity index (χ0) is 17.5. The highest BCUT2D eigenvalue weighted by Crippen LogP contribution is 2.20. The second-order valence-electron chi connectivity index (χ2n) is 5.45. The summed E-state index contributed by atoms with van der Waals surface area (Å²) in [6.45, 7) is 1.98. The van der Waals surface area contributed by atoms with Gasteiger partial charge in [-0.1, -0.05) is 26.2 Å². The maximum absolute atomic E-state index is 11.1. The molecule has 0 unspecified atom stereocenters. The van der Waals surface area contributed by atoms with Crippen molar-refractivity contribution >= 4 is 18.0 Å². The largest absolute Gasteiger partial charge is 0.481 e. The molecule has 2 N–H and O–H groups in total. The predicted molar refractivity (Wildman–Crippen MR) is 85.2 cm³/mol. The molecule has 1 amide bonds. The Morgan fingerprint density at radius 3 is 2.30 bits per heavy atom. The first-order valence-electron chi connectivity index (χ1n) is 8.22. The highest BCUT2D eigenvalue weighted by atomic mass is 16.6. The molecule has 0 aromatic carbocycles. The lowest BCUT2D eigenvalue weighted by atomic mass is 10.2. The standard InChI is InChI=1S/C9H15NO4.C7H14O2/c1-13-8(11)6-10-9(12)14-7-4-2-3-5-7;1-2-3-4-5-6-7(8)9/h7H,2-6H2,1H3,(H,10,12);2-6H2,1H3,(H,8,9). The van der Waals surface area contributed by atoms with Crippen LogP contribution in [0.25, 0.3) is 0 Å². The molecule has 1 rings (SSSR count). The monoisotopic (exact) mass is 331 g/mol. The fourth-order valence-electron chi connectivity index (χ4n) is 2.12. The van der Waals surface area contributed by atoms with Crippen molar-refractivity contribution in [1.29, 1.82) is 0 Å². The highest BCUT2D eigenvalue weighted by molar-refractivity contribution is 5.77. The summed E-state index contributed by atoms with van der Waals surface area (Å²) in [5.41, 5.74) is 0. The van der Waals surface area contributed by atoms with E-state index in [9.17, 15) is 14.4 Å². The summed E-state index contributed by atoms with van der Waals surface area (Å²) in [6, 6.07) is 0. The molecule has 134 valence electrons. The predicted octanol–water partition coefficient (Wildman–Crippen LogP) is 2.87. The van der Waals surface area contributed by atoms with Crippen molar-refractivity contribution in [3.63, 3.8) is 0 Å². The lowest BCUT2D eigenvalue weighted by molar-refractivity contribution is -0.139. The van der Waals surface area contributed by atoms with Crippen LogP contribution in [0.2, 0.25) is 0 Å². The van der Waals surface area contributed by atoms with Crippen LogP contribution < -0.4 is 5.32 Å². The molecule has 1 saturated carbocycles. The van der Waals surface area contributed by atoms with Crippen molar-refractivity contribution in [2.45, 2.75) is 70.8 Å². The van der Waals surface area contributed by atoms with E-state index in [0.717, 1.165) is 44.9 Å². The number of aliphatic carboxylic acids is 1. The van der Waals surface area contributed by atoms with Crippen molar-refractivity contribution < 1.29 is 29.0 Å². The van der Waals surface area contributed by atoms with Gasteiger partial charge >= 0.3 is 18.0 Å². The maximum Gasteiger partial charge on any atom is 0.407 e. The molecular formula is C16H29NO6. The third-order valence-corrected chi connectivity index (χ3v) is 3.42. The first-order chi connectivity index (χ1) is 11.0. The fourth-order valence-corrected chi connectivity index (χ4v) is 2.12. The van der Waals surface area contributed by atoms with E-state index in [-0.39, 0.29) is 12.6 Å². The summed E-state index contributed by atoms with van der Waals surface area (Å²) in [4.78, 5) is 31.7. The molecule has 1 aliphatic carbocycles.